The molecule has 20 heavy (non-hydrogen) atoms. The molecule has 0 fully saturated rings. The highest BCUT2D eigenvalue weighted by Gasteiger charge is 2.17. The van der Waals surface area contributed by atoms with Gasteiger partial charge in [0.15, 0.2) is 0 Å². The number of nitrogens with zero attached hydrogens (tertiary/aromatic N) is 2. The Hall–Kier alpha value is -0.480. The molecule has 0 spiro atoms. The Balaban J connectivity index is 2.58. The van der Waals surface area contributed by atoms with Gasteiger partial charge in [0.05, 0.1) is 5.69 Å². The van der Waals surface area contributed by atoms with Gasteiger partial charge < -0.3 is 5.32 Å². The SMILES string of the molecule is CCCNC(CSC(C)(C)C)Cc1ccn(C(C)C)n1. The van der Waals surface area contributed by atoms with Crippen LogP contribution in [-0.4, -0.2) is 32.9 Å². The molecule has 1 unspecified atom stereocenters. The summed E-state index contributed by atoms with van der Waals surface area (Å²) in [4.78, 5) is 0. The second kappa shape index (κ2) is 8.08. The van der Waals surface area contributed by atoms with Gasteiger partial charge in [-0.3, -0.25) is 4.68 Å². The third-order valence-corrected chi connectivity index (χ3v) is 4.48. The van der Waals surface area contributed by atoms with E-state index in [2.05, 4.69) is 64.2 Å². The van der Waals surface area contributed by atoms with Crippen molar-refractivity contribution in [2.45, 2.75) is 71.2 Å². The van der Waals surface area contributed by atoms with Gasteiger partial charge in [0.25, 0.3) is 0 Å². The van der Waals surface area contributed by atoms with E-state index < -0.39 is 0 Å². The molecule has 1 atom stereocenters. The van der Waals surface area contributed by atoms with Crippen molar-refractivity contribution in [1.82, 2.24) is 15.1 Å². The fourth-order valence-electron chi connectivity index (χ4n) is 1.92. The lowest BCUT2D eigenvalue weighted by molar-refractivity contribution is 0.508. The minimum Gasteiger partial charge on any atom is -0.313 e. The molecule has 0 aliphatic carbocycles. The van der Waals surface area contributed by atoms with E-state index >= 15 is 0 Å². The first-order valence-corrected chi connectivity index (χ1v) is 8.71. The first-order valence-electron chi connectivity index (χ1n) is 7.73. The standard InChI is InChI=1S/C16H31N3S/c1-7-9-17-15(12-20-16(4,5)6)11-14-8-10-19(18-14)13(2)3/h8,10,13,15,17H,7,9,11-12H2,1-6H3. The third-order valence-electron chi connectivity index (χ3n) is 3.05. The van der Waals surface area contributed by atoms with Crippen molar-refractivity contribution >= 4 is 11.8 Å². The highest BCUT2D eigenvalue weighted by molar-refractivity contribution is 8.00. The van der Waals surface area contributed by atoms with E-state index in [-0.39, 0.29) is 0 Å². The van der Waals surface area contributed by atoms with E-state index in [9.17, 15) is 0 Å². The van der Waals surface area contributed by atoms with Gasteiger partial charge in [-0.05, 0) is 32.9 Å². The summed E-state index contributed by atoms with van der Waals surface area (Å²) in [6.45, 7) is 14.5. The molecule has 116 valence electrons. The fraction of sp³-hybridized carbons (Fsp3) is 0.812. The van der Waals surface area contributed by atoms with Gasteiger partial charge in [-0.1, -0.05) is 27.7 Å². The van der Waals surface area contributed by atoms with Crippen molar-refractivity contribution in [3.63, 3.8) is 0 Å². The Morgan fingerprint density at radius 3 is 2.55 bits per heavy atom. The summed E-state index contributed by atoms with van der Waals surface area (Å²) in [5, 5.41) is 8.33. The van der Waals surface area contributed by atoms with E-state index in [0.717, 1.165) is 18.7 Å². The molecule has 4 heteroatoms. The Bertz CT molecular complexity index is 379. The average molecular weight is 298 g/mol. The maximum atomic E-state index is 4.67. The van der Waals surface area contributed by atoms with Crippen molar-refractivity contribution < 1.29 is 0 Å². The van der Waals surface area contributed by atoms with Crippen LogP contribution in [0.3, 0.4) is 0 Å². The lowest BCUT2D eigenvalue weighted by Crippen LogP contribution is -2.35. The fourth-order valence-corrected chi connectivity index (χ4v) is 2.85. The van der Waals surface area contributed by atoms with Crippen molar-refractivity contribution in [2.24, 2.45) is 0 Å². The topological polar surface area (TPSA) is 29.9 Å². The van der Waals surface area contributed by atoms with Gasteiger partial charge >= 0.3 is 0 Å². The number of rotatable bonds is 8. The Morgan fingerprint density at radius 2 is 2.05 bits per heavy atom. The van der Waals surface area contributed by atoms with Crippen LogP contribution in [0.5, 0.6) is 0 Å². The first-order chi connectivity index (χ1) is 9.31. The number of aromatic nitrogens is 2. The monoisotopic (exact) mass is 297 g/mol. The summed E-state index contributed by atoms with van der Waals surface area (Å²) in [5.41, 5.74) is 1.20. The van der Waals surface area contributed by atoms with Crippen LogP contribution in [0.4, 0.5) is 0 Å². The van der Waals surface area contributed by atoms with Crippen molar-refractivity contribution in [1.29, 1.82) is 0 Å². The highest BCUT2D eigenvalue weighted by Crippen LogP contribution is 2.24. The molecule has 0 aliphatic rings. The van der Waals surface area contributed by atoms with E-state index in [1.54, 1.807) is 0 Å². The van der Waals surface area contributed by atoms with Crippen LogP contribution in [0.2, 0.25) is 0 Å². The summed E-state index contributed by atoms with van der Waals surface area (Å²) in [7, 11) is 0. The minimum atomic E-state index is 0.323. The van der Waals surface area contributed by atoms with Crippen LogP contribution >= 0.6 is 11.8 Å². The van der Waals surface area contributed by atoms with E-state index in [1.165, 1.54) is 12.1 Å². The minimum absolute atomic E-state index is 0.323. The molecule has 3 nitrogen and oxygen atoms in total. The molecule has 0 amide bonds. The van der Waals surface area contributed by atoms with Crippen molar-refractivity contribution in [3.8, 4) is 0 Å². The molecule has 0 aromatic carbocycles. The van der Waals surface area contributed by atoms with Crippen molar-refractivity contribution in [3.05, 3.63) is 18.0 Å². The van der Waals surface area contributed by atoms with Crippen LogP contribution < -0.4 is 5.32 Å². The number of hydrogen-bond donors (Lipinski definition) is 1. The average Bonchev–Trinajstić information content (AvgIpc) is 2.80. The number of thioether (sulfide) groups is 1. The quantitative estimate of drug-likeness (QED) is 0.789. The molecule has 1 rings (SSSR count). The van der Waals surface area contributed by atoms with Gasteiger partial charge in [-0.25, -0.2) is 0 Å². The van der Waals surface area contributed by atoms with E-state index in [0.29, 0.717) is 16.8 Å². The molecule has 0 aliphatic heterocycles. The second-order valence-corrected chi connectivity index (χ2v) is 8.51. The van der Waals surface area contributed by atoms with Crippen LogP contribution in [0, 0.1) is 0 Å². The zero-order valence-corrected chi connectivity index (χ0v) is 14.8. The molecule has 0 saturated carbocycles. The Morgan fingerprint density at radius 1 is 1.35 bits per heavy atom. The largest absolute Gasteiger partial charge is 0.313 e. The Labute approximate surface area is 128 Å². The molecule has 1 aromatic heterocycles. The van der Waals surface area contributed by atoms with Gasteiger partial charge in [0.1, 0.15) is 0 Å². The summed E-state index contributed by atoms with van der Waals surface area (Å²) in [5.74, 6) is 1.14. The summed E-state index contributed by atoms with van der Waals surface area (Å²) in [6.07, 6.45) is 4.29. The van der Waals surface area contributed by atoms with Crippen molar-refractivity contribution in [2.75, 3.05) is 12.3 Å². The van der Waals surface area contributed by atoms with Gasteiger partial charge in [0.2, 0.25) is 0 Å². The van der Waals surface area contributed by atoms with Gasteiger partial charge in [-0.15, -0.1) is 0 Å². The normalized spacial score (nSPS) is 13.9. The lowest BCUT2D eigenvalue weighted by Gasteiger charge is -2.23. The molecular weight excluding hydrogens is 266 g/mol. The Kier molecular flexibility index (Phi) is 7.10. The smallest absolute Gasteiger partial charge is 0.0640 e. The predicted octanol–water partition coefficient (Wildman–Crippen LogP) is 3.91. The highest BCUT2D eigenvalue weighted by atomic mass is 32.2. The summed E-state index contributed by atoms with van der Waals surface area (Å²) < 4.78 is 2.37. The van der Waals surface area contributed by atoms with E-state index in [4.69, 9.17) is 0 Å². The van der Waals surface area contributed by atoms with Crippen LogP contribution in [0.15, 0.2) is 12.3 Å². The third kappa shape index (κ3) is 6.80. The van der Waals surface area contributed by atoms with Gasteiger partial charge in [0, 0.05) is 35.2 Å². The molecule has 0 saturated heterocycles. The lowest BCUT2D eigenvalue weighted by atomic mass is 10.2. The zero-order valence-electron chi connectivity index (χ0n) is 13.9. The zero-order chi connectivity index (χ0) is 15.2. The maximum Gasteiger partial charge on any atom is 0.0640 e. The van der Waals surface area contributed by atoms with Crippen LogP contribution in [0.25, 0.3) is 0 Å². The molecule has 1 aromatic rings. The first kappa shape index (κ1) is 17.6. The molecule has 0 radical (unpaired) electrons. The molecule has 1 N–H and O–H groups in total. The summed E-state index contributed by atoms with van der Waals surface area (Å²) in [6, 6.07) is 3.10. The van der Waals surface area contributed by atoms with Crippen LogP contribution in [-0.2, 0) is 6.42 Å². The molecule has 0 bridgehead atoms. The molecule has 1 heterocycles. The summed E-state index contributed by atoms with van der Waals surface area (Å²) >= 11 is 2.03. The molecular formula is C16H31N3S. The second-order valence-electron chi connectivity index (χ2n) is 6.66. The van der Waals surface area contributed by atoms with Gasteiger partial charge in [-0.2, -0.15) is 16.9 Å². The predicted molar refractivity (Wildman–Crippen MR) is 90.6 cm³/mol. The number of hydrogen-bond acceptors (Lipinski definition) is 3. The van der Waals surface area contributed by atoms with Crippen LogP contribution in [0.1, 0.15) is 59.7 Å². The maximum absolute atomic E-state index is 4.67. The van der Waals surface area contributed by atoms with E-state index in [1.807, 2.05) is 16.4 Å². The number of nitrogens with one attached hydrogen (secondary N) is 1.